The molecule has 1 heterocycles. The highest BCUT2D eigenvalue weighted by Gasteiger charge is 2.23. The summed E-state index contributed by atoms with van der Waals surface area (Å²) in [5.74, 6) is 0.438. The number of urea groups is 1. The molecule has 0 saturated carbocycles. The van der Waals surface area contributed by atoms with Gasteiger partial charge in [0.15, 0.2) is 0 Å². The Morgan fingerprint density at radius 3 is 2.78 bits per heavy atom. The Labute approximate surface area is 140 Å². The summed E-state index contributed by atoms with van der Waals surface area (Å²) in [5.41, 5.74) is 0.798. The Bertz CT molecular complexity index is 578. The van der Waals surface area contributed by atoms with Crippen LogP contribution in [0, 0.1) is 5.82 Å². The van der Waals surface area contributed by atoms with E-state index in [1.807, 2.05) is 13.8 Å². The lowest BCUT2D eigenvalue weighted by Crippen LogP contribution is -2.45. The largest absolute Gasteiger partial charge is 0.342 e. The molecule has 126 valence electrons. The van der Waals surface area contributed by atoms with Gasteiger partial charge in [0.1, 0.15) is 5.82 Å². The van der Waals surface area contributed by atoms with Crippen LogP contribution in [0.2, 0.25) is 0 Å². The second-order valence-corrected chi connectivity index (χ2v) is 6.40. The fourth-order valence-electron chi connectivity index (χ4n) is 2.57. The number of fused-ring (bicyclic) bond motifs is 1. The molecule has 0 radical (unpaired) electrons. The molecular formula is C16H22FN3O2S. The summed E-state index contributed by atoms with van der Waals surface area (Å²) >= 11 is 1.66. The van der Waals surface area contributed by atoms with Gasteiger partial charge in [-0.25, -0.2) is 9.18 Å². The molecule has 0 saturated heterocycles. The molecule has 5 nitrogen and oxygen atoms in total. The Balaban J connectivity index is 1.92. The van der Waals surface area contributed by atoms with Crippen LogP contribution >= 0.6 is 11.8 Å². The van der Waals surface area contributed by atoms with E-state index in [0.717, 1.165) is 22.6 Å². The Morgan fingerprint density at radius 2 is 2.09 bits per heavy atom. The van der Waals surface area contributed by atoms with E-state index in [2.05, 4.69) is 10.6 Å². The fraction of sp³-hybridized carbons (Fsp3) is 0.500. The van der Waals surface area contributed by atoms with Crippen LogP contribution in [0.25, 0.3) is 0 Å². The van der Waals surface area contributed by atoms with Gasteiger partial charge in [-0.15, -0.1) is 11.8 Å². The first kappa shape index (κ1) is 17.6. The molecule has 2 rings (SSSR count). The fourth-order valence-corrected chi connectivity index (χ4v) is 3.67. The van der Waals surface area contributed by atoms with Gasteiger partial charge in [-0.1, -0.05) is 0 Å². The molecule has 0 aromatic heterocycles. The van der Waals surface area contributed by atoms with E-state index in [1.165, 1.54) is 12.1 Å². The SMILES string of the molecule is CCN(CC)C(=O)CNC(=O)NC1CCSc2ccc(F)cc21. The molecule has 0 aliphatic carbocycles. The molecule has 7 heteroatoms. The number of carbonyl (C=O) groups excluding carboxylic acids is 2. The molecule has 0 spiro atoms. The summed E-state index contributed by atoms with van der Waals surface area (Å²) in [6.45, 7) is 4.99. The zero-order valence-electron chi connectivity index (χ0n) is 13.4. The summed E-state index contributed by atoms with van der Waals surface area (Å²) in [4.78, 5) is 26.5. The Hall–Kier alpha value is -1.76. The molecule has 1 aliphatic heterocycles. The van der Waals surface area contributed by atoms with Gasteiger partial charge in [0.2, 0.25) is 5.91 Å². The van der Waals surface area contributed by atoms with E-state index < -0.39 is 6.03 Å². The average Bonchev–Trinajstić information content (AvgIpc) is 2.54. The Morgan fingerprint density at radius 1 is 1.35 bits per heavy atom. The topological polar surface area (TPSA) is 61.4 Å². The van der Waals surface area contributed by atoms with Crippen molar-refractivity contribution in [3.05, 3.63) is 29.6 Å². The van der Waals surface area contributed by atoms with Crippen LogP contribution < -0.4 is 10.6 Å². The maximum absolute atomic E-state index is 13.4. The van der Waals surface area contributed by atoms with Gasteiger partial charge in [-0.2, -0.15) is 0 Å². The van der Waals surface area contributed by atoms with Crippen molar-refractivity contribution < 1.29 is 14.0 Å². The van der Waals surface area contributed by atoms with E-state index in [4.69, 9.17) is 0 Å². The van der Waals surface area contributed by atoms with Gasteiger partial charge in [0.25, 0.3) is 0 Å². The van der Waals surface area contributed by atoms with Crippen LogP contribution in [-0.4, -0.2) is 42.2 Å². The first-order chi connectivity index (χ1) is 11.0. The molecular weight excluding hydrogens is 317 g/mol. The second kappa shape index (κ2) is 8.19. The number of nitrogens with one attached hydrogen (secondary N) is 2. The summed E-state index contributed by atoms with van der Waals surface area (Å²) in [7, 11) is 0. The maximum atomic E-state index is 13.4. The summed E-state index contributed by atoms with van der Waals surface area (Å²) in [6, 6.07) is 4.00. The quantitative estimate of drug-likeness (QED) is 0.867. The van der Waals surface area contributed by atoms with Crippen LogP contribution in [-0.2, 0) is 4.79 Å². The minimum absolute atomic E-state index is 0.0367. The molecule has 3 amide bonds. The van der Waals surface area contributed by atoms with Crippen LogP contribution in [0.3, 0.4) is 0 Å². The van der Waals surface area contributed by atoms with Crippen LogP contribution in [0.15, 0.2) is 23.1 Å². The van der Waals surface area contributed by atoms with Gasteiger partial charge in [0, 0.05) is 23.7 Å². The number of rotatable bonds is 5. The normalized spacial score (nSPS) is 16.4. The minimum Gasteiger partial charge on any atom is -0.342 e. The molecule has 23 heavy (non-hydrogen) atoms. The highest BCUT2D eigenvalue weighted by molar-refractivity contribution is 7.99. The molecule has 1 aromatic carbocycles. The summed E-state index contributed by atoms with van der Waals surface area (Å²) < 4.78 is 13.4. The zero-order valence-corrected chi connectivity index (χ0v) is 14.2. The van der Waals surface area contributed by atoms with Crippen molar-refractivity contribution in [1.29, 1.82) is 0 Å². The number of thioether (sulfide) groups is 1. The van der Waals surface area contributed by atoms with E-state index in [9.17, 15) is 14.0 Å². The number of halogens is 1. The molecule has 1 atom stereocenters. The minimum atomic E-state index is -0.405. The van der Waals surface area contributed by atoms with Crippen LogP contribution in [0.4, 0.5) is 9.18 Å². The molecule has 2 N–H and O–H groups in total. The number of amides is 3. The number of carbonyl (C=O) groups is 2. The van der Waals surface area contributed by atoms with Crippen molar-refractivity contribution in [3.63, 3.8) is 0 Å². The van der Waals surface area contributed by atoms with Crippen molar-refractivity contribution in [2.45, 2.75) is 31.2 Å². The van der Waals surface area contributed by atoms with Crippen molar-refractivity contribution in [2.75, 3.05) is 25.4 Å². The standard InChI is InChI=1S/C16H22FN3O2S/c1-3-20(4-2)15(21)10-18-16(22)19-13-7-8-23-14-6-5-11(17)9-12(13)14/h5-6,9,13H,3-4,7-8,10H2,1-2H3,(H2,18,19,22). The van der Waals surface area contributed by atoms with E-state index in [1.54, 1.807) is 22.7 Å². The number of benzene rings is 1. The monoisotopic (exact) mass is 339 g/mol. The van der Waals surface area contributed by atoms with Gasteiger partial charge in [0.05, 0.1) is 12.6 Å². The third-order valence-corrected chi connectivity index (χ3v) is 4.96. The van der Waals surface area contributed by atoms with Gasteiger partial charge < -0.3 is 15.5 Å². The number of hydrogen-bond donors (Lipinski definition) is 2. The smallest absolute Gasteiger partial charge is 0.315 e. The van der Waals surface area contributed by atoms with Crippen LogP contribution in [0.1, 0.15) is 31.9 Å². The van der Waals surface area contributed by atoms with Gasteiger partial charge in [-0.3, -0.25) is 4.79 Å². The summed E-state index contributed by atoms with van der Waals surface area (Å²) in [5, 5.41) is 5.41. The van der Waals surface area contributed by atoms with E-state index in [0.29, 0.717) is 13.1 Å². The van der Waals surface area contributed by atoms with Crippen molar-refractivity contribution in [2.24, 2.45) is 0 Å². The van der Waals surface area contributed by atoms with Crippen LogP contribution in [0.5, 0.6) is 0 Å². The molecule has 0 bridgehead atoms. The molecule has 1 aliphatic rings. The second-order valence-electron chi connectivity index (χ2n) is 5.26. The van der Waals surface area contributed by atoms with Gasteiger partial charge in [-0.05, 0) is 44.0 Å². The summed E-state index contributed by atoms with van der Waals surface area (Å²) in [6.07, 6.45) is 0.735. The van der Waals surface area contributed by atoms with Crippen molar-refractivity contribution in [3.8, 4) is 0 Å². The zero-order chi connectivity index (χ0) is 16.8. The number of likely N-dealkylation sites (N-methyl/N-ethyl adjacent to an activating group) is 1. The first-order valence-corrected chi connectivity index (χ1v) is 8.78. The van der Waals surface area contributed by atoms with Crippen molar-refractivity contribution >= 4 is 23.7 Å². The number of hydrogen-bond acceptors (Lipinski definition) is 3. The lowest BCUT2D eigenvalue weighted by molar-refractivity contribution is -0.129. The predicted molar refractivity (Wildman–Crippen MR) is 88.9 cm³/mol. The highest BCUT2D eigenvalue weighted by Crippen LogP contribution is 2.36. The van der Waals surface area contributed by atoms with E-state index in [-0.39, 0.29) is 24.3 Å². The maximum Gasteiger partial charge on any atom is 0.315 e. The third kappa shape index (κ3) is 4.60. The molecule has 0 fully saturated rings. The molecule has 1 aromatic rings. The van der Waals surface area contributed by atoms with Gasteiger partial charge >= 0.3 is 6.03 Å². The lowest BCUT2D eigenvalue weighted by atomic mass is 10.0. The first-order valence-electron chi connectivity index (χ1n) is 7.79. The lowest BCUT2D eigenvalue weighted by Gasteiger charge is -2.26. The highest BCUT2D eigenvalue weighted by atomic mass is 32.2. The van der Waals surface area contributed by atoms with Crippen molar-refractivity contribution in [1.82, 2.24) is 15.5 Å². The van der Waals surface area contributed by atoms with E-state index >= 15 is 0 Å². The molecule has 1 unspecified atom stereocenters. The third-order valence-electron chi connectivity index (χ3n) is 3.83. The predicted octanol–water partition coefficient (Wildman–Crippen LogP) is 2.53. The average molecular weight is 339 g/mol. The number of nitrogens with zero attached hydrogens (tertiary/aromatic N) is 1. The Kier molecular flexibility index (Phi) is 6.27.